The van der Waals surface area contributed by atoms with Gasteiger partial charge in [-0.15, -0.1) is 0 Å². The van der Waals surface area contributed by atoms with Crippen LogP contribution in [0.5, 0.6) is 5.75 Å². The molecule has 3 aromatic carbocycles. The number of carbonyl (C=O) groups excluding carboxylic acids is 2. The molecule has 1 saturated heterocycles. The Bertz CT molecular complexity index is 1270. The highest BCUT2D eigenvalue weighted by atomic mass is 35.5. The first-order valence-electron chi connectivity index (χ1n) is 10.4. The number of nitrogens with zero attached hydrogens (tertiary/aromatic N) is 1. The van der Waals surface area contributed by atoms with E-state index in [9.17, 15) is 19.1 Å². The van der Waals surface area contributed by atoms with E-state index >= 15 is 0 Å². The highest BCUT2D eigenvalue weighted by molar-refractivity contribution is 6.51. The number of amides is 1. The first kappa shape index (κ1) is 22.6. The summed E-state index contributed by atoms with van der Waals surface area (Å²) in [5.41, 5.74) is 0.451. The Morgan fingerprint density at radius 3 is 2.45 bits per heavy atom. The van der Waals surface area contributed by atoms with Gasteiger partial charge in [-0.05, 0) is 50.2 Å². The van der Waals surface area contributed by atoms with Crippen LogP contribution in [0.1, 0.15) is 31.0 Å². The SMILES string of the molecule is CC(C)Oc1cccc(/C(O)=C2\C(=O)C(=O)N(c3cccc(Cl)c3)C2c2ccccc2F)c1. The standard InChI is InChI=1S/C26H21ClFNO4/c1-15(2)33-19-10-5-7-16(13-19)24(30)22-23(20-11-3-4-12-21(20)28)29(26(32)25(22)31)18-9-6-8-17(27)14-18/h3-15,23,30H,1-2H3/b24-22+. The molecule has 33 heavy (non-hydrogen) atoms. The van der Waals surface area contributed by atoms with Crippen molar-refractivity contribution in [2.45, 2.75) is 26.0 Å². The highest BCUT2D eigenvalue weighted by Crippen LogP contribution is 2.43. The molecule has 1 atom stereocenters. The van der Waals surface area contributed by atoms with E-state index in [4.69, 9.17) is 16.3 Å². The number of aliphatic hydroxyl groups is 1. The van der Waals surface area contributed by atoms with Crippen molar-refractivity contribution < 1.29 is 23.8 Å². The van der Waals surface area contributed by atoms with Gasteiger partial charge in [0.1, 0.15) is 17.3 Å². The molecular formula is C26H21ClFNO4. The molecule has 3 aromatic rings. The van der Waals surface area contributed by atoms with Gasteiger partial charge < -0.3 is 9.84 Å². The third-order valence-corrected chi connectivity index (χ3v) is 5.44. The number of Topliss-reactive ketones (excluding diaryl/α,β-unsaturated/α-hetero) is 1. The largest absolute Gasteiger partial charge is 0.507 e. The summed E-state index contributed by atoms with van der Waals surface area (Å²) in [5.74, 6) is -2.35. The van der Waals surface area contributed by atoms with Gasteiger partial charge in [0.2, 0.25) is 0 Å². The molecule has 168 valence electrons. The van der Waals surface area contributed by atoms with Crippen LogP contribution in [0.2, 0.25) is 5.02 Å². The van der Waals surface area contributed by atoms with Gasteiger partial charge in [-0.25, -0.2) is 4.39 Å². The molecule has 4 rings (SSSR count). The topological polar surface area (TPSA) is 66.8 Å². The van der Waals surface area contributed by atoms with Crippen LogP contribution >= 0.6 is 11.6 Å². The van der Waals surface area contributed by atoms with Crippen LogP contribution in [0, 0.1) is 5.82 Å². The Morgan fingerprint density at radius 1 is 1.03 bits per heavy atom. The first-order chi connectivity index (χ1) is 15.8. The van der Waals surface area contributed by atoms with Gasteiger partial charge in [0.05, 0.1) is 17.7 Å². The molecule has 0 radical (unpaired) electrons. The van der Waals surface area contributed by atoms with Gasteiger partial charge in [-0.2, -0.15) is 0 Å². The van der Waals surface area contributed by atoms with E-state index in [1.54, 1.807) is 48.5 Å². The summed E-state index contributed by atoms with van der Waals surface area (Å²) in [6.07, 6.45) is -0.103. The lowest BCUT2D eigenvalue weighted by Gasteiger charge is -2.26. The van der Waals surface area contributed by atoms with Crippen molar-refractivity contribution in [2.75, 3.05) is 4.90 Å². The van der Waals surface area contributed by atoms with Crippen molar-refractivity contribution in [3.8, 4) is 5.75 Å². The van der Waals surface area contributed by atoms with Gasteiger partial charge in [0, 0.05) is 21.8 Å². The highest BCUT2D eigenvalue weighted by Gasteiger charge is 2.47. The summed E-state index contributed by atoms with van der Waals surface area (Å²) >= 11 is 6.11. The van der Waals surface area contributed by atoms with E-state index < -0.39 is 29.3 Å². The van der Waals surface area contributed by atoms with E-state index in [1.165, 1.54) is 24.3 Å². The van der Waals surface area contributed by atoms with Crippen molar-refractivity contribution >= 4 is 34.7 Å². The molecular weight excluding hydrogens is 445 g/mol. The Morgan fingerprint density at radius 2 is 1.76 bits per heavy atom. The number of ether oxygens (including phenoxy) is 1. The number of halogens is 2. The smallest absolute Gasteiger partial charge is 0.300 e. The van der Waals surface area contributed by atoms with Crippen LogP contribution in [0.4, 0.5) is 10.1 Å². The normalized spacial score (nSPS) is 17.6. The van der Waals surface area contributed by atoms with E-state index in [-0.39, 0.29) is 22.8 Å². The molecule has 1 heterocycles. The Balaban J connectivity index is 1.93. The van der Waals surface area contributed by atoms with Crippen LogP contribution in [0.25, 0.3) is 5.76 Å². The van der Waals surface area contributed by atoms with Crippen molar-refractivity contribution in [3.63, 3.8) is 0 Å². The third kappa shape index (κ3) is 4.34. The van der Waals surface area contributed by atoms with Crippen LogP contribution in [-0.4, -0.2) is 22.9 Å². The van der Waals surface area contributed by atoms with Crippen molar-refractivity contribution in [3.05, 3.63) is 100 Å². The fourth-order valence-electron chi connectivity index (χ4n) is 3.86. The summed E-state index contributed by atoms with van der Waals surface area (Å²) in [4.78, 5) is 27.4. The fourth-order valence-corrected chi connectivity index (χ4v) is 4.04. The number of rotatable bonds is 5. The number of aliphatic hydroxyl groups excluding tert-OH is 1. The summed E-state index contributed by atoms with van der Waals surface area (Å²) in [5, 5.41) is 11.5. The molecule has 1 fully saturated rings. The molecule has 0 spiro atoms. The average molecular weight is 466 g/mol. The Kier molecular flexibility index (Phi) is 6.20. The molecule has 5 nitrogen and oxygen atoms in total. The molecule has 1 aliphatic heterocycles. The molecule has 0 aliphatic carbocycles. The maximum atomic E-state index is 14.9. The van der Waals surface area contributed by atoms with E-state index in [1.807, 2.05) is 13.8 Å². The van der Waals surface area contributed by atoms with Crippen LogP contribution in [0.15, 0.2) is 78.4 Å². The zero-order chi connectivity index (χ0) is 23.7. The number of carbonyl (C=O) groups is 2. The van der Waals surface area contributed by atoms with Crippen LogP contribution in [-0.2, 0) is 9.59 Å². The number of benzene rings is 3. The second-order valence-electron chi connectivity index (χ2n) is 7.86. The quantitative estimate of drug-likeness (QED) is 0.290. The maximum Gasteiger partial charge on any atom is 0.300 e. The van der Waals surface area contributed by atoms with Crippen molar-refractivity contribution in [1.29, 1.82) is 0 Å². The van der Waals surface area contributed by atoms with Gasteiger partial charge in [-0.1, -0.05) is 48.0 Å². The fraction of sp³-hybridized carbons (Fsp3) is 0.154. The van der Waals surface area contributed by atoms with Crippen LogP contribution in [0.3, 0.4) is 0 Å². The zero-order valence-corrected chi connectivity index (χ0v) is 18.7. The molecule has 1 N–H and O–H groups in total. The van der Waals surface area contributed by atoms with Gasteiger partial charge >= 0.3 is 0 Å². The number of hydrogen-bond donors (Lipinski definition) is 1. The molecule has 0 saturated carbocycles. The van der Waals surface area contributed by atoms with E-state index in [0.717, 1.165) is 4.90 Å². The molecule has 0 bridgehead atoms. The van der Waals surface area contributed by atoms with E-state index in [2.05, 4.69) is 0 Å². The molecule has 1 amide bonds. The summed E-state index contributed by atoms with van der Waals surface area (Å²) in [7, 11) is 0. The molecule has 1 aliphatic rings. The predicted molar refractivity (Wildman–Crippen MR) is 125 cm³/mol. The predicted octanol–water partition coefficient (Wildman–Crippen LogP) is 5.89. The summed E-state index contributed by atoms with van der Waals surface area (Å²) in [6, 6.07) is 17.6. The Labute approximate surface area is 195 Å². The summed E-state index contributed by atoms with van der Waals surface area (Å²) in [6.45, 7) is 3.72. The lowest BCUT2D eigenvalue weighted by Crippen LogP contribution is -2.29. The van der Waals surface area contributed by atoms with Gasteiger partial charge in [-0.3, -0.25) is 14.5 Å². The Hall–Kier alpha value is -3.64. The molecule has 0 aromatic heterocycles. The van der Waals surface area contributed by atoms with E-state index in [0.29, 0.717) is 16.5 Å². The van der Waals surface area contributed by atoms with Crippen molar-refractivity contribution in [2.24, 2.45) is 0 Å². The first-order valence-corrected chi connectivity index (χ1v) is 10.7. The summed E-state index contributed by atoms with van der Waals surface area (Å²) < 4.78 is 20.6. The monoisotopic (exact) mass is 465 g/mol. The minimum Gasteiger partial charge on any atom is -0.507 e. The third-order valence-electron chi connectivity index (χ3n) is 5.21. The number of ketones is 1. The lowest BCUT2D eigenvalue weighted by atomic mass is 9.94. The van der Waals surface area contributed by atoms with Crippen molar-refractivity contribution in [1.82, 2.24) is 0 Å². The minimum absolute atomic E-state index is 0.0767. The van der Waals surface area contributed by atoms with Gasteiger partial charge in [0.15, 0.2) is 0 Å². The second kappa shape index (κ2) is 9.08. The van der Waals surface area contributed by atoms with Crippen LogP contribution < -0.4 is 9.64 Å². The average Bonchev–Trinajstić information content (AvgIpc) is 3.04. The lowest BCUT2D eigenvalue weighted by molar-refractivity contribution is -0.132. The van der Waals surface area contributed by atoms with Gasteiger partial charge in [0.25, 0.3) is 11.7 Å². The molecule has 7 heteroatoms. The maximum absolute atomic E-state index is 14.9. The second-order valence-corrected chi connectivity index (χ2v) is 8.30. The minimum atomic E-state index is -1.18. The number of anilines is 1. The zero-order valence-electron chi connectivity index (χ0n) is 18.0. The molecule has 1 unspecified atom stereocenters. The number of hydrogen-bond acceptors (Lipinski definition) is 4.